The number of carboxylic acids is 2. The maximum Gasteiger partial charge on any atom is 0.339 e. The van der Waals surface area contributed by atoms with Gasteiger partial charge in [-0.05, 0) is 13.8 Å². The van der Waals surface area contributed by atoms with E-state index < -0.39 is 48.2 Å². The molecule has 0 aromatic heterocycles. The summed E-state index contributed by atoms with van der Waals surface area (Å²) in [7, 11) is 0. The van der Waals surface area contributed by atoms with E-state index in [-0.39, 0.29) is 12.2 Å². The van der Waals surface area contributed by atoms with Crippen molar-refractivity contribution in [3.63, 3.8) is 0 Å². The number of ether oxygens (including phenoxy) is 2. The van der Waals surface area contributed by atoms with Crippen LogP contribution in [0, 0.1) is 0 Å². The fraction of sp³-hybridized carbons (Fsp3) is 0.833. The van der Waals surface area contributed by atoms with Gasteiger partial charge in [-0.15, -0.1) is 0 Å². The number of aliphatic carboxylic acids is 2. The van der Waals surface area contributed by atoms with Crippen molar-refractivity contribution in [3.8, 4) is 0 Å². The van der Waals surface area contributed by atoms with Gasteiger partial charge in [-0.25, -0.2) is 9.59 Å². The van der Waals surface area contributed by atoms with E-state index in [0.717, 1.165) is 0 Å². The molecule has 2 heterocycles. The SMILES string of the molecule is CC1OC1CC(O)(C(=O)O)C(O)(CC1OC1C)C(=O)O. The predicted octanol–water partition coefficient (Wildman–Crippen LogP) is -1.03. The average Bonchev–Trinajstić information content (AvgIpc) is 3.20. The van der Waals surface area contributed by atoms with Crippen LogP contribution in [-0.4, -0.2) is 68.0 Å². The Bertz CT molecular complexity index is 397. The molecule has 8 heteroatoms. The number of aliphatic hydroxyl groups is 2. The van der Waals surface area contributed by atoms with Crippen LogP contribution in [0.2, 0.25) is 0 Å². The Morgan fingerprint density at radius 3 is 1.30 bits per heavy atom. The summed E-state index contributed by atoms with van der Waals surface area (Å²) < 4.78 is 10.0. The smallest absolute Gasteiger partial charge is 0.339 e. The van der Waals surface area contributed by atoms with Crippen LogP contribution in [0.15, 0.2) is 0 Å². The number of carboxylic acid groups (broad SMARTS) is 2. The van der Waals surface area contributed by atoms with Crippen molar-refractivity contribution in [2.45, 2.75) is 62.3 Å². The molecule has 0 aromatic rings. The van der Waals surface area contributed by atoms with Crippen LogP contribution in [0.25, 0.3) is 0 Å². The first-order valence-corrected chi connectivity index (χ1v) is 6.34. The monoisotopic (exact) mass is 290 g/mol. The molecule has 2 rings (SSSR count). The predicted molar refractivity (Wildman–Crippen MR) is 63.1 cm³/mol. The third-order valence-corrected chi connectivity index (χ3v) is 4.06. The van der Waals surface area contributed by atoms with Crippen LogP contribution in [0.3, 0.4) is 0 Å². The molecule has 2 aliphatic rings. The molecule has 2 fully saturated rings. The van der Waals surface area contributed by atoms with Gasteiger partial charge in [0.2, 0.25) is 11.2 Å². The number of hydrogen-bond donors (Lipinski definition) is 4. The van der Waals surface area contributed by atoms with E-state index in [9.17, 15) is 30.0 Å². The molecule has 2 saturated heterocycles. The van der Waals surface area contributed by atoms with E-state index >= 15 is 0 Å². The van der Waals surface area contributed by atoms with Gasteiger partial charge in [-0.3, -0.25) is 0 Å². The highest BCUT2D eigenvalue weighted by Gasteiger charge is 2.65. The Kier molecular flexibility index (Phi) is 3.53. The summed E-state index contributed by atoms with van der Waals surface area (Å²) in [6, 6.07) is 0. The molecule has 4 N–H and O–H groups in total. The van der Waals surface area contributed by atoms with Crippen LogP contribution in [0.1, 0.15) is 26.7 Å². The standard InChI is InChI=1S/C12H18O8/c1-5-7(19-5)3-11(17,9(13)14)12(18,10(15)16)4-8-6(2)20-8/h5-8,17-18H,3-4H2,1-2H3,(H,13,14)(H,15,16). The van der Waals surface area contributed by atoms with E-state index in [1.165, 1.54) is 0 Å². The Balaban J connectivity index is 2.26. The molecule has 0 spiro atoms. The molecule has 6 atom stereocenters. The summed E-state index contributed by atoms with van der Waals surface area (Å²) in [6.45, 7) is 3.33. The topological polar surface area (TPSA) is 140 Å². The van der Waals surface area contributed by atoms with Crippen molar-refractivity contribution in [1.29, 1.82) is 0 Å². The zero-order valence-corrected chi connectivity index (χ0v) is 11.1. The van der Waals surface area contributed by atoms with Crippen LogP contribution in [0.4, 0.5) is 0 Å². The maximum atomic E-state index is 11.4. The summed E-state index contributed by atoms with van der Waals surface area (Å²) in [5, 5.41) is 39.0. The van der Waals surface area contributed by atoms with Crippen LogP contribution >= 0.6 is 0 Å². The van der Waals surface area contributed by atoms with Crippen molar-refractivity contribution in [1.82, 2.24) is 0 Å². The van der Waals surface area contributed by atoms with Crippen LogP contribution in [-0.2, 0) is 19.1 Å². The van der Waals surface area contributed by atoms with Gasteiger partial charge in [-0.1, -0.05) is 0 Å². The van der Waals surface area contributed by atoms with Gasteiger partial charge in [-0.2, -0.15) is 0 Å². The van der Waals surface area contributed by atoms with Gasteiger partial charge >= 0.3 is 11.9 Å². The second-order valence-corrected chi connectivity index (χ2v) is 5.50. The summed E-state index contributed by atoms with van der Waals surface area (Å²) in [5.41, 5.74) is -5.67. The number of carbonyl (C=O) groups is 2. The highest BCUT2D eigenvalue weighted by Crippen LogP contribution is 2.41. The van der Waals surface area contributed by atoms with Crippen molar-refractivity contribution in [2.24, 2.45) is 0 Å². The van der Waals surface area contributed by atoms with E-state index in [1.807, 2.05) is 0 Å². The summed E-state index contributed by atoms with van der Waals surface area (Å²) in [4.78, 5) is 22.7. The highest BCUT2D eigenvalue weighted by molar-refractivity contribution is 5.90. The summed E-state index contributed by atoms with van der Waals surface area (Å²) >= 11 is 0. The molecule has 0 bridgehead atoms. The van der Waals surface area contributed by atoms with E-state index in [0.29, 0.717) is 0 Å². The minimum Gasteiger partial charge on any atom is -0.479 e. The summed E-state index contributed by atoms with van der Waals surface area (Å²) in [5.74, 6) is -3.59. The molecule has 0 amide bonds. The summed E-state index contributed by atoms with van der Waals surface area (Å²) in [6.07, 6.45) is -2.69. The van der Waals surface area contributed by atoms with Crippen LogP contribution in [0.5, 0.6) is 0 Å². The molecule has 0 saturated carbocycles. The third-order valence-electron chi connectivity index (χ3n) is 4.06. The van der Waals surface area contributed by atoms with Crippen LogP contribution < -0.4 is 0 Å². The quantitative estimate of drug-likeness (QED) is 0.436. The largest absolute Gasteiger partial charge is 0.479 e. The van der Waals surface area contributed by atoms with E-state index in [1.54, 1.807) is 13.8 Å². The van der Waals surface area contributed by atoms with Crippen molar-refractivity contribution in [2.75, 3.05) is 0 Å². The molecular formula is C12H18O8. The minimum atomic E-state index is -2.83. The Labute approximate surface area is 114 Å². The van der Waals surface area contributed by atoms with E-state index in [4.69, 9.17) is 9.47 Å². The lowest BCUT2D eigenvalue weighted by Gasteiger charge is -2.36. The molecule has 8 nitrogen and oxygen atoms in total. The highest BCUT2D eigenvalue weighted by atomic mass is 16.6. The lowest BCUT2D eigenvalue weighted by atomic mass is 9.75. The lowest BCUT2D eigenvalue weighted by molar-refractivity contribution is -0.211. The Morgan fingerprint density at radius 1 is 0.900 bits per heavy atom. The first-order chi connectivity index (χ1) is 9.11. The minimum absolute atomic E-state index is 0.269. The van der Waals surface area contributed by atoms with Gasteiger partial charge in [0.15, 0.2) is 0 Å². The fourth-order valence-electron chi connectivity index (χ4n) is 2.34. The second-order valence-electron chi connectivity index (χ2n) is 5.50. The number of hydrogen-bond acceptors (Lipinski definition) is 6. The zero-order valence-electron chi connectivity index (χ0n) is 11.1. The van der Waals surface area contributed by atoms with Crippen molar-refractivity contribution < 1.29 is 39.5 Å². The molecule has 114 valence electrons. The first-order valence-electron chi connectivity index (χ1n) is 6.34. The molecular weight excluding hydrogens is 272 g/mol. The van der Waals surface area contributed by atoms with Gasteiger partial charge < -0.3 is 29.9 Å². The molecule has 2 aliphatic heterocycles. The lowest BCUT2D eigenvalue weighted by Crippen LogP contribution is -2.65. The Hall–Kier alpha value is -1.22. The maximum absolute atomic E-state index is 11.4. The average molecular weight is 290 g/mol. The van der Waals surface area contributed by atoms with Gasteiger partial charge in [0.05, 0.1) is 24.4 Å². The van der Waals surface area contributed by atoms with Crippen molar-refractivity contribution >= 4 is 11.9 Å². The zero-order chi connectivity index (χ0) is 15.3. The fourth-order valence-corrected chi connectivity index (χ4v) is 2.34. The molecule has 0 aromatic carbocycles. The Morgan fingerprint density at radius 2 is 1.15 bits per heavy atom. The number of rotatable bonds is 7. The number of epoxide rings is 2. The normalized spacial score (nSPS) is 37.6. The van der Waals surface area contributed by atoms with E-state index in [2.05, 4.69) is 0 Å². The molecule has 0 radical (unpaired) electrons. The van der Waals surface area contributed by atoms with Crippen molar-refractivity contribution in [3.05, 3.63) is 0 Å². The third kappa shape index (κ3) is 2.39. The second kappa shape index (κ2) is 4.66. The first kappa shape index (κ1) is 15.2. The molecule has 6 unspecified atom stereocenters. The van der Waals surface area contributed by atoms with Gasteiger partial charge in [0.1, 0.15) is 0 Å². The van der Waals surface area contributed by atoms with Gasteiger partial charge in [0.25, 0.3) is 0 Å². The molecule has 0 aliphatic carbocycles. The van der Waals surface area contributed by atoms with Gasteiger partial charge in [0, 0.05) is 12.8 Å². The molecule has 20 heavy (non-hydrogen) atoms.